The highest BCUT2D eigenvalue weighted by Crippen LogP contribution is 2.18. The molecule has 0 aliphatic heterocycles. The van der Waals surface area contributed by atoms with E-state index in [0.717, 1.165) is 17.9 Å². The SMILES string of the molecule is Fc1cccc(Cc2nnc(SCCn3cccn3)o2)c1. The van der Waals surface area contributed by atoms with Crippen LogP contribution in [0.1, 0.15) is 11.5 Å². The Balaban J connectivity index is 1.53. The predicted molar refractivity (Wildman–Crippen MR) is 76.5 cm³/mol. The van der Waals surface area contributed by atoms with E-state index in [9.17, 15) is 4.39 Å². The molecular weight excluding hydrogens is 291 g/mol. The number of halogens is 1. The first-order valence-electron chi connectivity index (χ1n) is 6.47. The second-order valence-corrected chi connectivity index (χ2v) is 5.43. The van der Waals surface area contributed by atoms with Gasteiger partial charge in [-0.2, -0.15) is 5.10 Å². The average Bonchev–Trinajstić information content (AvgIpc) is 3.11. The monoisotopic (exact) mass is 304 g/mol. The maximum Gasteiger partial charge on any atom is 0.276 e. The molecule has 1 aromatic carbocycles. The van der Waals surface area contributed by atoms with Crippen molar-refractivity contribution in [3.8, 4) is 0 Å². The molecule has 0 saturated heterocycles. The third kappa shape index (κ3) is 3.91. The Bertz CT molecular complexity index is 699. The van der Waals surface area contributed by atoms with Crippen LogP contribution >= 0.6 is 11.8 Å². The molecule has 0 aliphatic rings. The van der Waals surface area contributed by atoms with Crippen molar-refractivity contribution in [3.63, 3.8) is 0 Å². The standard InChI is InChI=1S/C14H13FN4OS/c15-12-4-1-3-11(9-12)10-13-17-18-14(20-13)21-8-7-19-6-2-5-16-19/h1-6,9H,7-8,10H2. The van der Waals surface area contributed by atoms with Gasteiger partial charge in [0.2, 0.25) is 5.89 Å². The summed E-state index contributed by atoms with van der Waals surface area (Å²) in [7, 11) is 0. The number of hydrogen-bond donors (Lipinski definition) is 0. The van der Waals surface area contributed by atoms with E-state index >= 15 is 0 Å². The first-order chi connectivity index (χ1) is 10.3. The topological polar surface area (TPSA) is 56.7 Å². The Labute approximate surface area is 125 Å². The molecule has 3 rings (SSSR count). The van der Waals surface area contributed by atoms with E-state index in [0.29, 0.717) is 17.5 Å². The molecule has 2 heterocycles. The maximum atomic E-state index is 13.1. The van der Waals surface area contributed by atoms with Gasteiger partial charge in [0.15, 0.2) is 0 Å². The first-order valence-corrected chi connectivity index (χ1v) is 7.45. The van der Waals surface area contributed by atoms with Crippen molar-refractivity contribution in [2.45, 2.75) is 18.2 Å². The predicted octanol–water partition coefficient (Wildman–Crippen LogP) is 2.79. The molecule has 0 atom stereocenters. The van der Waals surface area contributed by atoms with Crippen molar-refractivity contribution < 1.29 is 8.81 Å². The zero-order chi connectivity index (χ0) is 14.5. The molecule has 7 heteroatoms. The van der Waals surface area contributed by atoms with E-state index in [2.05, 4.69) is 15.3 Å². The van der Waals surface area contributed by atoms with E-state index < -0.39 is 0 Å². The third-order valence-corrected chi connectivity index (χ3v) is 3.60. The van der Waals surface area contributed by atoms with Gasteiger partial charge in [-0.25, -0.2) is 4.39 Å². The fourth-order valence-electron chi connectivity index (χ4n) is 1.85. The number of thioether (sulfide) groups is 1. The van der Waals surface area contributed by atoms with E-state index in [-0.39, 0.29) is 5.82 Å². The van der Waals surface area contributed by atoms with Gasteiger partial charge in [0.05, 0.1) is 13.0 Å². The van der Waals surface area contributed by atoms with Gasteiger partial charge in [-0.1, -0.05) is 23.9 Å². The Kier molecular flexibility index (Phi) is 4.30. The molecule has 3 aromatic rings. The molecule has 0 bridgehead atoms. The lowest BCUT2D eigenvalue weighted by atomic mass is 10.1. The molecule has 0 fully saturated rings. The Morgan fingerprint density at radius 2 is 2.19 bits per heavy atom. The van der Waals surface area contributed by atoms with Crippen LogP contribution in [0.25, 0.3) is 0 Å². The molecule has 0 aliphatic carbocycles. The highest BCUT2D eigenvalue weighted by Gasteiger charge is 2.08. The summed E-state index contributed by atoms with van der Waals surface area (Å²) < 4.78 is 20.5. The Hall–Kier alpha value is -2.15. The van der Waals surface area contributed by atoms with Crippen LogP contribution < -0.4 is 0 Å². The molecule has 0 saturated carbocycles. The second-order valence-electron chi connectivity index (χ2n) is 4.39. The lowest BCUT2D eigenvalue weighted by Gasteiger charge is -1.98. The zero-order valence-electron chi connectivity index (χ0n) is 11.1. The normalized spacial score (nSPS) is 10.9. The highest BCUT2D eigenvalue weighted by molar-refractivity contribution is 7.99. The third-order valence-electron chi connectivity index (χ3n) is 2.80. The van der Waals surface area contributed by atoms with Gasteiger partial charge < -0.3 is 4.42 Å². The zero-order valence-corrected chi connectivity index (χ0v) is 12.0. The summed E-state index contributed by atoms with van der Waals surface area (Å²) in [6.07, 6.45) is 4.09. The summed E-state index contributed by atoms with van der Waals surface area (Å²) in [4.78, 5) is 0. The minimum Gasteiger partial charge on any atom is -0.416 e. The smallest absolute Gasteiger partial charge is 0.276 e. The van der Waals surface area contributed by atoms with Gasteiger partial charge >= 0.3 is 0 Å². The van der Waals surface area contributed by atoms with Crippen molar-refractivity contribution in [3.05, 3.63) is 60.0 Å². The molecule has 0 amide bonds. The van der Waals surface area contributed by atoms with Crippen LogP contribution in [-0.4, -0.2) is 25.7 Å². The number of aromatic nitrogens is 4. The van der Waals surface area contributed by atoms with E-state index in [1.54, 1.807) is 12.3 Å². The number of aryl methyl sites for hydroxylation is 1. The van der Waals surface area contributed by atoms with Gasteiger partial charge in [0.1, 0.15) is 5.82 Å². The summed E-state index contributed by atoms with van der Waals surface area (Å²) in [6, 6.07) is 8.26. The highest BCUT2D eigenvalue weighted by atomic mass is 32.2. The summed E-state index contributed by atoms with van der Waals surface area (Å²) in [5.74, 6) is 1.02. The van der Waals surface area contributed by atoms with Crippen LogP contribution in [-0.2, 0) is 13.0 Å². The van der Waals surface area contributed by atoms with Crippen LogP contribution in [0.2, 0.25) is 0 Å². The van der Waals surface area contributed by atoms with E-state index in [1.807, 2.05) is 23.0 Å². The van der Waals surface area contributed by atoms with Gasteiger partial charge in [-0.3, -0.25) is 4.68 Å². The van der Waals surface area contributed by atoms with Crippen molar-refractivity contribution in [2.75, 3.05) is 5.75 Å². The van der Waals surface area contributed by atoms with Gasteiger partial charge in [-0.15, -0.1) is 10.2 Å². The number of rotatable bonds is 6. The summed E-state index contributed by atoms with van der Waals surface area (Å²) in [5, 5.41) is 12.6. The van der Waals surface area contributed by atoms with Crippen LogP contribution in [0.3, 0.4) is 0 Å². The first kappa shape index (κ1) is 13.8. The Morgan fingerprint density at radius 3 is 3.00 bits per heavy atom. The number of hydrogen-bond acceptors (Lipinski definition) is 5. The summed E-state index contributed by atoms with van der Waals surface area (Å²) in [6.45, 7) is 0.777. The van der Waals surface area contributed by atoms with Gasteiger partial charge in [-0.05, 0) is 23.8 Å². The molecule has 0 unspecified atom stereocenters. The van der Waals surface area contributed by atoms with Crippen molar-refractivity contribution in [2.24, 2.45) is 0 Å². The summed E-state index contributed by atoms with van der Waals surface area (Å²) in [5.41, 5.74) is 0.812. The fraction of sp³-hybridized carbons (Fsp3) is 0.214. The van der Waals surface area contributed by atoms with Crippen molar-refractivity contribution >= 4 is 11.8 Å². The quantitative estimate of drug-likeness (QED) is 0.655. The lowest BCUT2D eigenvalue weighted by molar-refractivity contribution is 0.420. The molecule has 108 valence electrons. The molecule has 0 N–H and O–H groups in total. The fourth-order valence-corrected chi connectivity index (χ4v) is 2.56. The molecule has 5 nitrogen and oxygen atoms in total. The molecule has 2 aromatic heterocycles. The summed E-state index contributed by atoms with van der Waals surface area (Å²) >= 11 is 1.48. The van der Waals surface area contributed by atoms with Crippen LogP contribution in [0.15, 0.2) is 52.4 Å². The average molecular weight is 304 g/mol. The second kappa shape index (κ2) is 6.53. The maximum absolute atomic E-state index is 13.1. The number of nitrogens with zero attached hydrogens (tertiary/aromatic N) is 4. The molecule has 0 spiro atoms. The van der Waals surface area contributed by atoms with E-state index in [1.165, 1.54) is 23.9 Å². The van der Waals surface area contributed by atoms with Crippen LogP contribution in [0.5, 0.6) is 0 Å². The Morgan fingerprint density at radius 1 is 1.24 bits per heavy atom. The van der Waals surface area contributed by atoms with Crippen molar-refractivity contribution in [1.82, 2.24) is 20.0 Å². The van der Waals surface area contributed by atoms with Crippen LogP contribution in [0, 0.1) is 5.82 Å². The molecule has 0 radical (unpaired) electrons. The van der Waals surface area contributed by atoms with Crippen molar-refractivity contribution in [1.29, 1.82) is 0 Å². The molecular formula is C14H13FN4OS. The van der Waals surface area contributed by atoms with Crippen LogP contribution in [0.4, 0.5) is 4.39 Å². The minimum absolute atomic E-state index is 0.263. The van der Waals surface area contributed by atoms with E-state index in [4.69, 9.17) is 4.42 Å². The van der Waals surface area contributed by atoms with Gasteiger partial charge in [0.25, 0.3) is 5.22 Å². The molecule has 21 heavy (non-hydrogen) atoms. The number of benzene rings is 1. The lowest BCUT2D eigenvalue weighted by Crippen LogP contribution is -2.00. The van der Waals surface area contributed by atoms with Gasteiger partial charge in [0, 0.05) is 18.1 Å². The largest absolute Gasteiger partial charge is 0.416 e. The minimum atomic E-state index is -0.263.